The Morgan fingerprint density at radius 2 is 2.14 bits per heavy atom. The van der Waals surface area contributed by atoms with Gasteiger partial charge in [-0.15, -0.1) is 11.3 Å². The lowest BCUT2D eigenvalue weighted by molar-refractivity contribution is 0.381. The van der Waals surface area contributed by atoms with E-state index in [2.05, 4.69) is 21.2 Å². The Kier molecular flexibility index (Phi) is 3.73. The molecule has 1 atom stereocenters. The third-order valence-electron chi connectivity index (χ3n) is 2.03. The van der Waals surface area contributed by atoms with Crippen molar-refractivity contribution in [2.45, 2.75) is 4.21 Å². The molecule has 78 valence electrons. The summed E-state index contributed by atoms with van der Waals surface area (Å²) in [5, 5.41) is 3.24. The van der Waals surface area contributed by atoms with Gasteiger partial charge in [-0.3, -0.25) is 0 Å². The molecule has 3 nitrogen and oxygen atoms in total. The van der Waals surface area contributed by atoms with Crippen LogP contribution in [0.25, 0.3) is 0 Å². The molecule has 2 rings (SSSR count). The number of thiophene rings is 1. The van der Waals surface area contributed by atoms with Crippen molar-refractivity contribution in [3.05, 3.63) is 15.9 Å². The van der Waals surface area contributed by atoms with Gasteiger partial charge in [0.05, 0.1) is 3.79 Å². The van der Waals surface area contributed by atoms with Gasteiger partial charge < -0.3 is 5.32 Å². The summed E-state index contributed by atoms with van der Waals surface area (Å²) in [6.07, 6.45) is 0. The topological polar surface area (TPSA) is 32.3 Å². The number of nitrogens with zero attached hydrogens (tertiary/aromatic N) is 1. The molecule has 0 amide bonds. The van der Waals surface area contributed by atoms with Crippen molar-refractivity contribution in [1.82, 2.24) is 9.62 Å². The zero-order valence-electron chi connectivity index (χ0n) is 7.53. The van der Waals surface area contributed by atoms with E-state index in [-0.39, 0.29) is 0 Å². The second-order valence-corrected chi connectivity index (χ2v) is 7.16. The molecule has 14 heavy (non-hydrogen) atoms. The SMILES string of the molecule is O=S(c1ccc(Br)s1)N1CCNCC1. The van der Waals surface area contributed by atoms with Crippen molar-refractivity contribution >= 4 is 38.3 Å². The van der Waals surface area contributed by atoms with Crippen LogP contribution in [0.5, 0.6) is 0 Å². The van der Waals surface area contributed by atoms with E-state index in [1.807, 2.05) is 16.4 Å². The minimum atomic E-state index is -0.967. The van der Waals surface area contributed by atoms with Crippen LogP contribution in [-0.2, 0) is 11.0 Å². The molecular weight excluding hydrogens is 284 g/mol. The van der Waals surface area contributed by atoms with E-state index >= 15 is 0 Å². The lowest BCUT2D eigenvalue weighted by Gasteiger charge is -2.25. The van der Waals surface area contributed by atoms with Crippen LogP contribution < -0.4 is 5.32 Å². The van der Waals surface area contributed by atoms with Gasteiger partial charge in [-0.1, -0.05) is 0 Å². The summed E-state index contributed by atoms with van der Waals surface area (Å²) < 4.78 is 16.0. The van der Waals surface area contributed by atoms with Crippen LogP contribution in [0.1, 0.15) is 0 Å². The summed E-state index contributed by atoms with van der Waals surface area (Å²) in [6, 6.07) is 3.87. The quantitative estimate of drug-likeness (QED) is 0.895. The van der Waals surface area contributed by atoms with Gasteiger partial charge in [0.25, 0.3) is 0 Å². The highest BCUT2D eigenvalue weighted by Crippen LogP contribution is 2.26. The van der Waals surface area contributed by atoms with E-state index in [1.54, 1.807) is 11.3 Å². The van der Waals surface area contributed by atoms with Crippen molar-refractivity contribution in [2.75, 3.05) is 26.2 Å². The summed E-state index contributed by atoms with van der Waals surface area (Å²) in [5.74, 6) is 0. The first-order valence-corrected chi connectivity index (χ1v) is 7.12. The molecule has 0 aliphatic carbocycles. The highest BCUT2D eigenvalue weighted by Gasteiger charge is 2.18. The van der Waals surface area contributed by atoms with E-state index in [4.69, 9.17) is 0 Å². The standard InChI is InChI=1S/C8H11BrN2OS2/c9-7-1-2-8(13-7)14(12)11-5-3-10-4-6-11/h1-2,10H,3-6H2. The minimum Gasteiger partial charge on any atom is -0.314 e. The summed E-state index contributed by atoms with van der Waals surface area (Å²) in [5.41, 5.74) is 0. The average Bonchev–Trinajstić information content (AvgIpc) is 2.65. The molecule has 1 saturated heterocycles. The van der Waals surface area contributed by atoms with E-state index in [9.17, 15) is 4.21 Å². The zero-order chi connectivity index (χ0) is 9.97. The number of halogens is 1. The third-order valence-corrected chi connectivity index (χ3v) is 5.44. The second kappa shape index (κ2) is 4.85. The highest BCUT2D eigenvalue weighted by atomic mass is 79.9. The molecule has 1 aliphatic heterocycles. The van der Waals surface area contributed by atoms with Crippen molar-refractivity contribution in [1.29, 1.82) is 0 Å². The van der Waals surface area contributed by atoms with Gasteiger partial charge in [0, 0.05) is 26.2 Å². The first-order chi connectivity index (χ1) is 6.77. The Bertz CT molecular complexity index is 336. The molecule has 1 N–H and O–H groups in total. The highest BCUT2D eigenvalue weighted by molar-refractivity contribution is 9.11. The van der Waals surface area contributed by atoms with Crippen molar-refractivity contribution < 1.29 is 4.21 Å². The molecule has 0 bridgehead atoms. The predicted molar refractivity (Wildman–Crippen MR) is 62.9 cm³/mol. The predicted octanol–water partition coefficient (Wildman–Crippen LogP) is 1.44. The molecule has 1 aliphatic rings. The Morgan fingerprint density at radius 1 is 1.43 bits per heavy atom. The smallest absolute Gasteiger partial charge is 0.138 e. The molecule has 6 heteroatoms. The van der Waals surface area contributed by atoms with Gasteiger partial charge in [0.2, 0.25) is 0 Å². The molecule has 1 aromatic rings. The van der Waals surface area contributed by atoms with Crippen LogP contribution in [0.3, 0.4) is 0 Å². The molecule has 0 aromatic carbocycles. The van der Waals surface area contributed by atoms with E-state index in [0.29, 0.717) is 0 Å². The summed E-state index contributed by atoms with van der Waals surface area (Å²) in [6.45, 7) is 3.58. The van der Waals surface area contributed by atoms with Gasteiger partial charge in [0.1, 0.15) is 15.2 Å². The molecular formula is C8H11BrN2OS2. The number of rotatable bonds is 2. The monoisotopic (exact) mass is 294 g/mol. The van der Waals surface area contributed by atoms with Crippen LogP contribution in [0.2, 0.25) is 0 Å². The maximum atomic E-state index is 12.0. The third kappa shape index (κ3) is 2.43. The molecule has 0 saturated carbocycles. The van der Waals surface area contributed by atoms with E-state index in [0.717, 1.165) is 34.2 Å². The van der Waals surface area contributed by atoms with E-state index in [1.165, 1.54) is 0 Å². The zero-order valence-corrected chi connectivity index (χ0v) is 10.8. The second-order valence-electron chi connectivity index (χ2n) is 2.99. The van der Waals surface area contributed by atoms with Crippen molar-refractivity contribution in [3.63, 3.8) is 0 Å². The molecule has 0 radical (unpaired) electrons. The number of piperazine rings is 1. The first-order valence-electron chi connectivity index (χ1n) is 4.40. The van der Waals surface area contributed by atoms with Crippen LogP contribution in [-0.4, -0.2) is 34.7 Å². The van der Waals surface area contributed by atoms with Crippen molar-refractivity contribution in [2.24, 2.45) is 0 Å². The minimum absolute atomic E-state index is 0.863. The fourth-order valence-electron chi connectivity index (χ4n) is 1.33. The first kappa shape index (κ1) is 10.8. The van der Waals surface area contributed by atoms with Gasteiger partial charge >= 0.3 is 0 Å². The number of nitrogens with one attached hydrogen (secondary N) is 1. The van der Waals surface area contributed by atoms with Crippen LogP contribution in [0.15, 0.2) is 20.1 Å². The normalized spacial score (nSPS) is 20.9. The fourth-order valence-corrected chi connectivity index (χ4v) is 4.59. The van der Waals surface area contributed by atoms with Gasteiger partial charge in [-0.05, 0) is 28.1 Å². The van der Waals surface area contributed by atoms with Crippen molar-refractivity contribution in [3.8, 4) is 0 Å². The van der Waals surface area contributed by atoms with Gasteiger partial charge in [0.15, 0.2) is 0 Å². The molecule has 1 fully saturated rings. The average molecular weight is 295 g/mol. The maximum absolute atomic E-state index is 12.0. The Hall–Kier alpha value is 0.250. The summed E-state index contributed by atoms with van der Waals surface area (Å²) >= 11 is 4.92. The number of hydrogen-bond donors (Lipinski definition) is 1. The Morgan fingerprint density at radius 3 is 2.71 bits per heavy atom. The van der Waals surface area contributed by atoms with Crippen LogP contribution in [0.4, 0.5) is 0 Å². The summed E-state index contributed by atoms with van der Waals surface area (Å²) in [4.78, 5) is 0. The molecule has 2 heterocycles. The lowest BCUT2D eigenvalue weighted by atomic mass is 10.4. The fraction of sp³-hybridized carbons (Fsp3) is 0.500. The summed E-state index contributed by atoms with van der Waals surface area (Å²) in [7, 11) is -0.967. The van der Waals surface area contributed by atoms with E-state index < -0.39 is 11.0 Å². The Labute approximate surface area is 98.2 Å². The molecule has 0 spiro atoms. The van der Waals surface area contributed by atoms with Gasteiger partial charge in [-0.2, -0.15) is 0 Å². The number of hydrogen-bond acceptors (Lipinski definition) is 3. The largest absolute Gasteiger partial charge is 0.314 e. The Balaban J connectivity index is 2.07. The van der Waals surface area contributed by atoms with Crippen LogP contribution >= 0.6 is 27.3 Å². The maximum Gasteiger partial charge on any atom is 0.138 e. The van der Waals surface area contributed by atoms with Gasteiger partial charge in [-0.25, -0.2) is 8.51 Å². The molecule has 1 aromatic heterocycles. The van der Waals surface area contributed by atoms with Crippen LogP contribution in [0, 0.1) is 0 Å². The molecule has 1 unspecified atom stereocenters. The lowest BCUT2D eigenvalue weighted by Crippen LogP contribution is -2.43.